The number of aromatic nitrogens is 1. The third-order valence-electron chi connectivity index (χ3n) is 6.06. The fraction of sp³-hybridized carbons (Fsp3) is 0.214. The number of carboxylic acids is 1. The van der Waals surface area contributed by atoms with Gasteiger partial charge >= 0.3 is 12.3 Å². The van der Waals surface area contributed by atoms with Gasteiger partial charge in [-0.2, -0.15) is 0 Å². The summed E-state index contributed by atoms with van der Waals surface area (Å²) in [5.74, 6) is -1.42. The number of ether oxygens (including phenoxy) is 3. The molecule has 0 saturated heterocycles. The average molecular weight is 562 g/mol. The summed E-state index contributed by atoms with van der Waals surface area (Å²) in [6.07, 6.45) is -5.99. The van der Waals surface area contributed by atoms with Gasteiger partial charge in [-0.15, -0.1) is 13.2 Å². The fourth-order valence-electron chi connectivity index (χ4n) is 4.29. The van der Waals surface area contributed by atoms with Crippen LogP contribution in [0.3, 0.4) is 0 Å². The number of benzene rings is 3. The molecule has 0 amide bonds. The Balaban J connectivity index is 1.85. The highest BCUT2D eigenvalue weighted by Crippen LogP contribution is 2.35. The van der Waals surface area contributed by atoms with Crippen molar-refractivity contribution in [1.29, 1.82) is 0 Å². The molecule has 0 bridgehead atoms. The van der Waals surface area contributed by atoms with Gasteiger partial charge in [-0.3, -0.25) is 4.79 Å². The monoisotopic (exact) mass is 561 g/mol. The lowest BCUT2D eigenvalue weighted by Gasteiger charge is -2.14. The minimum atomic E-state index is -4.90. The van der Waals surface area contributed by atoms with Gasteiger partial charge in [0.05, 0.1) is 23.8 Å². The van der Waals surface area contributed by atoms with Gasteiger partial charge in [0.2, 0.25) is 0 Å². The van der Waals surface area contributed by atoms with Crippen molar-refractivity contribution in [3.05, 3.63) is 88.1 Å². The number of carbonyl (C=O) groups excluding carboxylic acids is 1. The SMILES string of the molecule is COc1cc(Cl)ccc1C(=O)c1c(C)n(Cc2cccc(O[C@H](C)C(=O)O)c2)c2cc(OC(F)(F)F)ccc12. The van der Waals surface area contributed by atoms with Crippen LogP contribution in [-0.2, 0) is 11.3 Å². The number of alkyl halides is 3. The second-order valence-electron chi connectivity index (χ2n) is 8.69. The van der Waals surface area contributed by atoms with Crippen molar-refractivity contribution >= 4 is 34.3 Å². The van der Waals surface area contributed by atoms with Gasteiger partial charge in [0, 0.05) is 28.7 Å². The molecule has 1 aromatic heterocycles. The van der Waals surface area contributed by atoms with E-state index in [1.54, 1.807) is 41.8 Å². The lowest BCUT2D eigenvalue weighted by molar-refractivity contribution is -0.274. The zero-order chi connectivity index (χ0) is 28.5. The van der Waals surface area contributed by atoms with Crippen molar-refractivity contribution in [2.75, 3.05) is 7.11 Å². The molecule has 0 spiro atoms. The van der Waals surface area contributed by atoms with Crippen LogP contribution in [0.25, 0.3) is 10.9 Å². The highest BCUT2D eigenvalue weighted by Gasteiger charge is 2.32. The number of hydrogen-bond donors (Lipinski definition) is 1. The van der Waals surface area contributed by atoms with E-state index in [-0.39, 0.29) is 23.4 Å². The predicted molar refractivity (Wildman–Crippen MR) is 138 cm³/mol. The van der Waals surface area contributed by atoms with E-state index in [0.717, 1.165) is 6.07 Å². The predicted octanol–water partition coefficient (Wildman–Crippen LogP) is 6.64. The number of hydrogen-bond acceptors (Lipinski definition) is 5. The van der Waals surface area contributed by atoms with E-state index in [4.69, 9.17) is 26.2 Å². The molecule has 11 heteroatoms. The normalized spacial score (nSPS) is 12.3. The fourth-order valence-corrected chi connectivity index (χ4v) is 4.45. The topological polar surface area (TPSA) is 87.0 Å². The van der Waals surface area contributed by atoms with Crippen LogP contribution >= 0.6 is 11.6 Å². The van der Waals surface area contributed by atoms with Crippen molar-refractivity contribution in [1.82, 2.24) is 4.57 Å². The van der Waals surface area contributed by atoms with Gasteiger partial charge < -0.3 is 23.9 Å². The summed E-state index contributed by atoms with van der Waals surface area (Å²) >= 11 is 6.05. The lowest BCUT2D eigenvalue weighted by atomic mass is 9.99. The van der Waals surface area contributed by atoms with E-state index in [2.05, 4.69) is 4.74 Å². The summed E-state index contributed by atoms with van der Waals surface area (Å²) < 4.78 is 55.6. The molecule has 4 rings (SSSR count). The van der Waals surface area contributed by atoms with Crippen LogP contribution < -0.4 is 14.2 Å². The van der Waals surface area contributed by atoms with E-state index in [0.29, 0.717) is 32.9 Å². The third kappa shape index (κ3) is 6.12. The molecule has 0 aliphatic rings. The number of aliphatic carboxylic acids is 1. The number of methoxy groups -OCH3 is 1. The van der Waals surface area contributed by atoms with E-state index in [1.165, 1.54) is 38.3 Å². The minimum Gasteiger partial charge on any atom is -0.496 e. The minimum absolute atomic E-state index is 0.140. The van der Waals surface area contributed by atoms with Crippen LogP contribution in [0.15, 0.2) is 60.7 Å². The van der Waals surface area contributed by atoms with Gasteiger partial charge in [-0.25, -0.2) is 4.79 Å². The van der Waals surface area contributed by atoms with Crippen molar-refractivity contribution in [2.24, 2.45) is 0 Å². The number of fused-ring (bicyclic) bond motifs is 1. The molecule has 4 aromatic rings. The van der Waals surface area contributed by atoms with Gasteiger partial charge in [0.15, 0.2) is 11.9 Å². The van der Waals surface area contributed by atoms with Crippen molar-refractivity contribution in [3.8, 4) is 17.2 Å². The molecule has 204 valence electrons. The largest absolute Gasteiger partial charge is 0.573 e. The molecule has 0 aliphatic heterocycles. The van der Waals surface area contributed by atoms with Gasteiger partial charge in [-0.1, -0.05) is 23.7 Å². The molecule has 7 nitrogen and oxygen atoms in total. The molecule has 39 heavy (non-hydrogen) atoms. The van der Waals surface area contributed by atoms with E-state index >= 15 is 0 Å². The highest BCUT2D eigenvalue weighted by molar-refractivity contribution is 6.31. The van der Waals surface area contributed by atoms with Crippen LogP contribution in [0.4, 0.5) is 13.2 Å². The van der Waals surface area contributed by atoms with Crippen LogP contribution in [0.1, 0.15) is 34.1 Å². The first kappa shape index (κ1) is 27.8. The number of halogens is 4. The van der Waals surface area contributed by atoms with E-state index in [9.17, 15) is 22.8 Å². The molecule has 0 unspecified atom stereocenters. The van der Waals surface area contributed by atoms with Crippen LogP contribution in [0.5, 0.6) is 17.2 Å². The Hall–Kier alpha value is -4.18. The van der Waals surface area contributed by atoms with Crippen LogP contribution in [-0.4, -0.2) is 41.0 Å². The zero-order valence-corrected chi connectivity index (χ0v) is 21.8. The second-order valence-corrected chi connectivity index (χ2v) is 9.13. The number of ketones is 1. The van der Waals surface area contributed by atoms with E-state index in [1.807, 2.05) is 0 Å². The first-order valence-corrected chi connectivity index (χ1v) is 12.0. The first-order chi connectivity index (χ1) is 18.4. The summed E-state index contributed by atoms with van der Waals surface area (Å²) in [6, 6.07) is 15.0. The van der Waals surface area contributed by atoms with Gasteiger partial charge in [0.25, 0.3) is 0 Å². The second kappa shape index (κ2) is 10.9. The molecule has 3 aromatic carbocycles. The number of rotatable bonds is 9. The Labute approximate surface area is 226 Å². The molecular formula is C28H23ClF3NO6. The Morgan fingerprint density at radius 1 is 1.05 bits per heavy atom. The van der Waals surface area contributed by atoms with Gasteiger partial charge in [0.1, 0.15) is 17.2 Å². The molecule has 0 aliphatic carbocycles. The van der Waals surface area contributed by atoms with Crippen molar-refractivity contribution in [2.45, 2.75) is 32.9 Å². The Morgan fingerprint density at radius 2 is 1.79 bits per heavy atom. The maximum absolute atomic E-state index is 13.8. The standard InChI is InChI=1S/C28H23ClF3NO6/c1-15-25(26(34)22-9-7-18(29)12-24(22)37-3)21-10-8-20(39-28(30,31)32)13-23(21)33(15)14-17-5-4-6-19(11-17)38-16(2)27(35)36/h4-13,16H,14H2,1-3H3,(H,35,36)/t16-/m1/s1. The number of carboxylic acid groups (broad SMARTS) is 1. The Morgan fingerprint density at radius 3 is 2.46 bits per heavy atom. The Kier molecular flexibility index (Phi) is 7.78. The smallest absolute Gasteiger partial charge is 0.496 e. The van der Waals surface area contributed by atoms with Crippen LogP contribution in [0.2, 0.25) is 5.02 Å². The molecule has 1 heterocycles. The summed E-state index contributed by atoms with van der Waals surface area (Å²) in [7, 11) is 1.40. The molecule has 1 atom stereocenters. The van der Waals surface area contributed by atoms with Crippen molar-refractivity contribution < 1.29 is 42.1 Å². The third-order valence-corrected chi connectivity index (χ3v) is 6.30. The summed E-state index contributed by atoms with van der Waals surface area (Å²) in [6.45, 7) is 3.22. The summed E-state index contributed by atoms with van der Waals surface area (Å²) in [4.78, 5) is 24.9. The molecule has 0 radical (unpaired) electrons. The van der Waals surface area contributed by atoms with E-state index < -0.39 is 30.0 Å². The molecule has 0 fully saturated rings. The number of carbonyl (C=O) groups is 2. The summed E-state index contributed by atoms with van der Waals surface area (Å²) in [5, 5.41) is 9.93. The maximum Gasteiger partial charge on any atom is 0.573 e. The van der Waals surface area contributed by atoms with Crippen LogP contribution in [0, 0.1) is 6.92 Å². The maximum atomic E-state index is 13.8. The average Bonchev–Trinajstić information content (AvgIpc) is 3.13. The Bertz CT molecular complexity index is 1560. The zero-order valence-electron chi connectivity index (χ0n) is 21.0. The highest BCUT2D eigenvalue weighted by atomic mass is 35.5. The molecular weight excluding hydrogens is 539 g/mol. The lowest BCUT2D eigenvalue weighted by Crippen LogP contribution is -2.22. The molecule has 0 saturated carbocycles. The van der Waals surface area contributed by atoms with Gasteiger partial charge in [-0.05, 0) is 61.9 Å². The number of nitrogens with zero attached hydrogens (tertiary/aromatic N) is 1. The summed E-state index contributed by atoms with van der Waals surface area (Å²) in [5.41, 5.74) is 1.99. The quantitative estimate of drug-likeness (QED) is 0.230. The molecule has 1 N–H and O–H groups in total. The first-order valence-electron chi connectivity index (χ1n) is 11.6. The van der Waals surface area contributed by atoms with Crippen molar-refractivity contribution in [3.63, 3.8) is 0 Å².